The lowest BCUT2D eigenvalue weighted by atomic mass is 10.1. The second-order valence-corrected chi connectivity index (χ2v) is 8.87. The Morgan fingerprint density at radius 1 is 1.12 bits per heavy atom. The topological polar surface area (TPSA) is 54.5 Å². The molecule has 2 aromatic rings. The Morgan fingerprint density at radius 3 is 2.35 bits per heavy atom. The van der Waals surface area contributed by atoms with E-state index in [0.717, 1.165) is 12.0 Å². The van der Waals surface area contributed by atoms with Crippen LogP contribution in [-0.2, 0) is 22.8 Å². The summed E-state index contributed by atoms with van der Waals surface area (Å²) in [6, 6.07) is 13.2. The van der Waals surface area contributed by atoms with Gasteiger partial charge in [0.2, 0.25) is 0 Å². The highest BCUT2D eigenvalue weighted by Crippen LogP contribution is 2.23. The van der Waals surface area contributed by atoms with Crippen LogP contribution in [0.2, 0.25) is 0 Å². The molecule has 1 atom stereocenters. The van der Waals surface area contributed by atoms with Crippen LogP contribution in [0, 0.1) is 5.82 Å². The molecule has 138 valence electrons. The number of rotatable bonds is 5. The molecule has 1 amide bonds. The van der Waals surface area contributed by atoms with Crippen LogP contribution < -0.4 is 0 Å². The van der Waals surface area contributed by atoms with Crippen LogP contribution in [0.3, 0.4) is 0 Å². The normalized spacial score (nSPS) is 18.6. The Kier molecular flexibility index (Phi) is 5.41. The van der Waals surface area contributed by atoms with Crippen LogP contribution in [0.15, 0.2) is 48.5 Å². The molecule has 0 aromatic heterocycles. The zero-order valence-corrected chi connectivity index (χ0v) is 15.5. The first-order valence-corrected chi connectivity index (χ1v) is 10.6. The number of carbonyl (C=O) groups is 1. The third-order valence-electron chi connectivity index (χ3n) is 4.80. The fraction of sp³-hybridized carbons (Fsp3) is 0.350. The van der Waals surface area contributed by atoms with E-state index in [1.54, 1.807) is 6.07 Å². The Labute approximate surface area is 153 Å². The smallest absolute Gasteiger partial charge is 0.257 e. The van der Waals surface area contributed by atoms with Crippen molar-refractivity contribution in [2.45, 2.75) is 32.4 Å². The zero-order valence-electron chi connectivity index (χ0n) is 14.7. The van der Waals surface area contributed by atoms with Crippen molar-refractivity contribution in [1.29, 1.82) is 0 Å². The minimum Gasteiger partial charge on any atom is -0.330 e. The molecule has 4 nitrogen and oxygen atoms in total. The number of halogens is 1. The molecule has 1 saturated heterocycles. The molecule has 0 bridgehead atoms. The molecule has 1 heterocycles. The van der Waals surface area contributed by atoms with E-state index in [9.17, 15) is 17.6 Å². The number of aryl methyl sites for hydroxylation is 1. The monoisotopic (exact) mass is 375 g/mol. The molecule has 1 unspecified atom stereocenters. The van der Waals surface area contributed by atoms with Gasteiger partial charge in [-0.25, -0.2) is 12.8 Å². The lowest BCUT2D eigenvalue weighted by Gasteiger charge is -2.28. The lowest BCUT2D eigenvalue weighted by molar-refractivity contribution is 0.0676. The third kappa shape index (κ3) is 4.12. The maximum Gasteiger partial charge on any atom is 0.257 e. The molecule has 2 aromatic carbocycles. The van der Waals surface area contributed by atoms with Crippen LogP contribution in [-0.4, -0.2) is 36.8 Å². The van der Waals surface area contributed by atoms with Gasteiger partial charge in [-0.05, 0) is 36.1 Å². The summed E-state index contributed by atoms with van der Waals surface area (Å²) in [5.41, 5.74) is 2.06. The largest absolute Gasteiger partial charge is 0.330 e. The predicted octanol–water partition coefficient (Wildman–Crippen LogP) is 3.22. The summed E-state index contributed by atoms with van der Waals surface area (Å²) in [7, 11) is -3.16. The van der Waals surface area contributed by atoms with Crippen molar-refractivity contribution in [3.05, 3.63) is 71.0 Å². The molecule has 0 saturated carbocycles. The first-order chi connectivity index (χ1) is 12.4. The molecule has 1 aliphatic heterocycles. The lowest BCUT2D eigenvalue weighted by Crippen LogP contribution is -2.41. The molecule has 26 heavy (non-hydrogen) atoms. The second kappa shape index (κ2) is 7.58. The summed E-state index contributed by atoms with van der Waals surface area (Å²) < 4.78 is 37.9. The summed E-state index contributed by atoms with van der Waals surface area (Å²) in [4.78, 5) is 14.5. The van der Waals surface area contributed by atoms with E-state index in [1.807, 2.05) is 24.3 Å². The zero-order chi connectivity index (χ0) is 18.7. The van der Waals surface area contributed by atoms with Gasteiger partial charge in [0.25, 0.3) is 5.91 Å². The van der Waals surface area contributed by atoms with Crippen molar-refractivity contribution >= 4 is 15.7 Å². The minimum absolute atomic E-state index is 0.0259. The van der Waals surface area contributed by atoms with Gasteiger partial charge in [-0.2, -0.15) is 0 Å². The Hall–Kier alpha value is -2.21. The van der Waals surface area contributed by atoms with Gasteiger partial charge in [-0.1, -0.05) is 43.3 Å². The number of nitrogens with zero attached hydrogens (tertiary/aromatic N) is 1. The van der Waals surface area contributed by atoms with Gasteiger partial charge in [0.15, 0.2) is 9.84 Å². The molecule has 0 spiro atoms. The number of carbonyl (C=O) groups excluding carboxylic acids is 1. The summed E-state index contributed by atoms with van der Waals surface area (Å²) in [6.07, 6.45) is 1.30. The van der Waals surface area contributed by atoms with Crippen LogP contribution in [0.4, 0.5) is 4.39 Å². The third-order valence-corrected chi connectivity index (χ3v) is 6.55. The summed E-state index contributed by atoms with van der Waals surface area (Å²) in [5, 5.41) is 0. The average Bonchev–Trinajstić information content (AvgIpc) is 2.99. The van der Waals surface area contributed by atoms with Gasteiger partial charge in [0.1, 0.15) is 5.82 Å². The van der Waals surface area contributed by atoms with E-state index in [0.29, 0.717) is 6.42 Å². The highest BCUT2D eigenvalue weighted by molar-refractivity contribution is 7.91. The maximum absolute atomic E-state index is 14.1. The highest BCUT2D eigenvalue weighted by atomic mass is 32.2. The molecule has 1 aliphatic rings. The number of hydrogen-bond donors (Lipinski definition) is 0. The molecular weight excluding hydrogens is 353 g/mol. The number of amides is 1. The van der Waals surface area contributed by atoms with E-state index in [-0.39, 0.29) is 23.6 Å². The molecule has 3 rings (SSSR count). The molecule has 1 fully saturated rings. The first kappa shape index (κ1) is 18.6. The van der Waals surface area contributed by atoms with Crippen molar-refractivity contribution in [2.24, 2.45) is 0 Å². The summed E-state index contributed by atoms with van der Waals surface area (Å²) >= 11 is 0. The fourth-order valence-electron chi connectivity index (χ4n) is 3.25. The van der Waals surface area contributed by atoms with Crippen molar-refractivity contribution < 1.29 is 17.6 Å². The highest BCUT2D eigenvalue weighted by Gasteiger charge is 2.35. The number of hydrogen-bond acceptors (Lipinski definition) is 3. The standard InChI is InChI=1S/C20H22FNO3S/c1-2-15-7-9-16(10-8-15)13-22(17-11-12-26(24,25)14-17)20(23)18-5-3-4-6-19(18)21/h3-10,17H,2,11-14H2,1H3. The van der Waals surface area contributed by atoms with Gasteiger partial charge in [-0.15, -0.1) is 0 Å². The SMILES string of the molecule is CCc1ccc(CN(C(=O)c2ccccc2F)C2CCS(=O)(=O)C2)cc1. The summed E-state index contributed by atoms with van der Waals surface area (Å²) in [5.74, 6) is -1.07. The second-order valence-electron chi connectivity index (χ2n) is 6.64. The van der Waals surface area contributed by atoms with E-state index >= 15 is 0 Å². The van der Waals surface area contributed by atoms with Crippen LogP contribution in [0.25, 0.3) is 0 Å². The van der Waals surface area contributed by atoms with Gasteiger partial charge in [0.05, 0.1) is 17.1 Å². The van der Waals surface area contributed by atoms with E-state index < -0.39 is 27.6 Å². The molecule has 0 N–H and O–H groups in total. The first-order valence-electron chi connectivity index (χ1n) is 8.73. The van der Waals surface area contributed by atoms with Gasteiger partial charge >= 0.3 is 0 Å². The number of sulfone groups is 1. The molecule has 6 heteroatoms. The summed E-state index contributed by atoms with van der Waals surface area (Å²) in [6.45, 7) is 2.32. The van der Waals surface area contributed by atoms with Crippen LogP contribution >= 0.6 is 0 Å². The molecular formula is C20H22FNO3S. The quantitative estimate of drug-likeness (QED) is 0.806. The van der Waals surface area contributed by atoms with Crippen LogP contribution in [0.1, 0.15) is 34.8 Å². The molecule has 0 radical (unpaired) electrons. The van der Waals surface area contributed by atoms with Gasteiger partial charge in [-0.3, -0.25) is 4.79 Å². The number of benzene rings is 2. The van der Waals surface area contributed by atoms with Gasteiger partial charge < -0.3 is 4.90 Å². The Bertz CT molecular complexity index is 894. The fourth-order valence-corrected chi connectivity index (χ4v) is 4.99. The molecule has 0 aliphatic carbocycles. The van der Waals surface area contributed by atoms with E-state index in [1.165, 1.54) is 28.7 Å². The van der Waals surface area contributed by atoms with Crippen molar-refractivity contribution in [2.75, 3.05) is 11.5 Å². The van der Waals surface area contributed by atoms with E-state index in [2.05, 4.69) is 6.92 Å². The average molecular weight is 375 g/mol. The van der Waals surface area contributed by atoms with Crippen molar-refractivity contribution in [3.8, 4) is 0 Å². The van der Waals surface area contributed by atoms with Crippen molar-refractivity contribution in [1.82, 2.24) is 4.90 Å². The Morgan fingerprint density at radius 2 is 1.77 bits per heavy atom. The Balaban J connectivity index is 1.91. The van der Waals surface area contributed by atoms with Crippen LogP contribution in [0.5, 0.6) is 0 Å². The van der Waals surface area contributed by atoms with Gasteiger partial charge in [0, 0.05) is 12.6 Å². The van der Waals surface area contributed by atoms with E-state index in [4.69, 9.17) is 0 Å². The maximum atomic E-state index is 14.1. The van der Waals surface area contributed by atoms with Crippen molar-refractivity contribution in [3.63, 3.8) is 0 Å². The predicted molar refractivity (Wildman–Crippen MR) is 99.2 cm³/mol. The minimum atomic E-state index is -3.16.